The second kappa shape index (κ2) is 10.8. The Balaban J connectivity index is 1.71. The molecule has 0 saturated carbocycles. The zero-order chi connectivity index (χ0) is 17.9. The van der Waals surface area contributed by atoms with Crippen molar-refractivity contribution < 1.29 is 9.47 Å². The fourth-order valence-electron chi connectivity index (χ4n) is 2.99. The molecule has 1 fully saturated rings. The minimum absolute atomic E-state index is 0.586. The molecule has 6 nitrogen and oxygen atoms in total. The summed E-state index contributed by atoms with van der Waals surface area (Å²) in [6.07, 6.45) is 2.55. The van der Waals surface area contributed by atoms with Gasteiger partial charge in [0.05, 0.1) is 13.7 Å². The summed E-state index contributed by atoms with van der Waals surface area (Å²) in [6.45, 7) is 7.46. The molecule has 1 atom stereocenters. The highest BCUT2D eigenvalue weighted by Crippen LogP contribution is 2.17. The Bertz CT molecular complexity index is 519. The standard InChI is InChI=1S/C19H32N4O2/c1-4-20-19(22-14-16-6-5-12-23(2)15-16)21-11-13-25-18-9-7-17(24-3)8-10-18/h7-10,16H,4-6,11-15H2,1-3H3,(H2,20,21,22). The minimum Gasteiger partial charge on any atom is -0.497 e. The number of nitrogens with zero attached hydrogens (tertiary/aromatic N) is 2. The number of aliphatic imine (C=N–C) groups is 1. The van der Waals surface area contributed by atoms with Gasteiger partial charge in [0, 0.05) is 19.6 Å². The normalized spacial score (nSPS) is 18.7. The van der Waals surface area contributed by atoms with E-state index >= 15 is 0 Å². The molecule has 0 spiro atoms. The van der Waals surface area contributed by atoms with E-state index in [1.807, 2.05) is 24.3 Å². The Morgan fingerprint density at radius 3 is 2.68 bits per heavy atom. The van der Waals surface area contributed by atoms with Crippen molar-refractivity contribution in [3.05, 3.63) is 24.3 Å². The first-order valence-corrected chi connectivity index (χ1v) is 9.19. The van der Waals surface area contributed by atoms with E-state index in [-0.39, 0.29) is 0 Å². The quantitative estimate of drug-likeness (QED) is 0.427. The molecule has 1 aromatic carbocycles. The fraction of sp³-hybridized carbons (Fsp3) is 0.632. The number of nitrogens with one attached hydrogen (secondary N) is 2. The molecule has 0 bridgehead atoms. The number of hydrogen-bond acceptors (Lipinski definition) is 4. The van der Waals surface area contributed by atoms with Gasteiger partial charge in [-0.25, -0.2) is 0 Å². The third-order valence-electron chi connectivity index (χ3n) is 4.30. The van der Waals surface area contributed by atoms with Crippen LogP contribution in [0.1, 0.15) is 19.8 Å². The number of likely N-dealkylation sites (tertiary alicyclic amines) is 1. The summed E-state index contributed by atoms with van der Waals surface area (Å²) in [4.78, 5) is 7.13. The van der Waals surface area contributed by atoms with Crippen LogP contribution in [0.2, 0.25) is 0 Å². The summed E-state index contributed by atoms with van der Waals surface area (Å²) in [5.41, 5.74) is 0. The number of rotatable bonds is 8. The summed E-state index contributed by atoms with van der Waals surface area (Å²) >= 11 is 0. The third-order valence-corrected chi connectivity index (χ3v) is 4.30. The number of piperidine rings is 1. The maximum atomic E-state index is 5.74. The van der Waals surface area contributed by atoms with Crippen LogP contribution in [0.25, 0.3) is 0 Å². The summed E-state index contributed by atoms with van der Waals surface area (Å²) in [7, 11) is 3.85. The Kier molecular flexibility index (Phi) is 8.39. The van der Waals surface area contributed by atoms with Crippen LogP contribution >= 0.6 is 0 Å². The van der Waals surface area contributed by atoms with E-state index < -0.39 is 0 Å². The van der Waals surface area contributed by atoms with Crippen LogP contribution in [0, 0.1) is 5.92 Å². The topological polar surface area (TPSA) is 58.1 Å². The predicted octanol–water partition coefficient (Wildman–Crippen LogP) is 1.97. The van der Waals surface area contributed by atoms with Gasteiger partial charge in [0.1, 0.15) is 18.1 Å². The second-order valence-electron chi connectivity index (χ2n) is 6.44. The van der Waals surface area contributed by atoms with Gasteiger partial charge in [0.15, 0.2) is 5.96 Å². The SMILES string of the molecule is CCNC(=NCC1CCCN(C)C1)NCCOc1ccc(OC)cc1. The van der Waals surface area contributed by atoms with Crippen LogP contribution in [-0.2, 0) is 0 Å². The van der Waals surface area contributed by atoms with Gasteiger partial charge in [-0.15, -0.1) is 0 Å². The molecule has 0 aliphatic carbocycles. The average molecular weight is 348 g/mol. The highest BCUT2D eigenvalue weighted by atomic mass is 16.5. The highest BCUT2D eigenvalue weighted by Gasteiger charge is 2.16. The van der Waals surface area contributed by atoms with Crippen LogP contribution < -0.4 is 20.1 Å². The van der Waals surface area contributed by atoms with Crippen molar-refractivity contribution in [2.45, 2.75) is 19.8 Å². The fourth-order valence-corrected chi connectivity index (χ4v) is 2.99. The molecule has 1 saturated heterocycles. The lowest BCUT2D eigenvalue weighted by Gasteiger charge is -2.28. The smallest absolute Gasteiger partial charge is 0.191 e. The summed E-state index contributed by atoms with van der Waals surface area (Å²) < 4.78 is 10.9. The largest absolute Gasteiger partial charge is 0.497 e. The molecule has 6 heteroatoms. The first kappa shape index (κ1) is 19.4. The molecule has 25 heavy (non-hydrogen) atoms. The van der Waals surface area contributed by atoms with Crippen LogP contribution in [0.3, 0.4) is 0 Å². The maximum absolute atomic E-state index is 5.74. The Labute approximate surface area is 151 Å². The average Bonchev–Trinajstić information content (AvgIpc) is 2.63. The van der Waals surface area contributed by atoms with Gasteiger partial charge in [0.25, 0.3) is 0 Å². The van der Waals surface area contributed by atoms with Gasteiger partial charge in [0.2, 0.25) is 0 Å². The highest BCUT2D eigenvalue weighted by molar-refractivity contribution is 5.79. The second-order valence-corrected chi connectivity index (χ2v) is 6.44. The molecule has 0 radical (unpaired) electrons. The van der Waals surface area contributed by atoms with E-state index in [4.69, 9.17) is 14.5 Å². The zero-order valence-electron chi connectivity index (χ0n) is 15.8. The molecular weight excluding hydrogens is 316 g/mol. The molecule has 2 rings (SSSR count). The summed E-state index contributed by atoms with van der Waals surface area (Å²) in [5.74, 6) is 3.20. The molecule has 1 heterocycles. The van der Waals surface area contributed by atoms with Gasteiger partial charge in [-0.2, -0.15) is 0 Å². The number of hydrogen-bond donors (Lipinski definition) is 2. The van der Waals surface area contributed by atoms with Crippen LogP contribution in [0.15, 0.2) is 29.3 Å². The van der Waals surface area contributed by atoms with E-state index in [1.165, 1.54) is 19.4 Å². The number of benzene rings is 1. The van der Waals surface area contributed by atoms with Crippen molar-refractivity contribution in [1.29, 1.82) is 0 Å². The Hall–Kier alpha value is -1.95. The Morgan fingerprint density at radius 1 is 1.24 bits per heavy atom. The lowest BCUT2D eigenvalue weighted by molar-refractivity contribution is 0.214. The predicted molar refractivity (Wildman–Crippen MR) is 103 cm³/mol. The van der Waals surface area contributed by atoms with Crippen LogP contribution in [-0.4, -0.2) is 64.3 Å². The zero-order valence-corrected chi connectivity index (χ0v) is 15.8. The third kappa shape index (κ3) is 7.22. The van der Waals surface area contributed by atoms with E-state index in [0.717, 1.165) is 37.1 Å². The van der Waals surface area contributed by atoms with Gasteiger partial charge in [-0.3, -0.25) is 4.99 Å². The van der Waals surface area contributed by atoms with Gasteiger partial charge >= 0.3 is 0 Å². The van der Waals surface area contributed by atoms with E-state index in [1.54, 1.807) is 7.11 Å². The molecule has 1 unspecified atom stereocenters. The Morgan fingerprint density at radius 2 is 2.00 bits per heavy atom. The van der Waals surface area contributed by atoms with Crippen molar-refractivity contribution in [2.24, 2.45) is 10.9 Å². The summed E-state index contributed by atoms with van der Waals surface area (Å²) in [6, 6.07) is 7.63. The van der Waals surface area contributed by atoms with Gasteiger partial charge < -0.3 is 25.0 Å². The molecule has 0 aromatic heterocycles. The first-order chi connectivity index (χ1) is 12.2. The molecule has 140 valence electrons. The molecule has 2 N–H and O–H groups in total. The van der Waals surface area contributed by atoms with Crippen molar-refractivity contribution >= 4 is 5.96 Å². The van der Waals surface area contributed by atoms with Crippen LogP contribution in [0.4, 0.5) is 0 Å². The lowest BCUT2D eigenvalue weighted by atomic mass is 9.99. The van der Waals surface area contributed by atoms with E-state index in [2.05, 4.69) is 29.5 Å². The van der Waals surface area contributed by atoms with Gasteiger partial charge in [-0.1, -0.05) is 0 Å². The van der Waals surface area contributed by atoms with Crippen molar-refractivity contribution in [2.75, 3.05) is 53.5 Å². The van der Waals surface area contributed by atoms with Crippen molar-refractivity contribution in [3.8, 4) is 11.5 Å². The maximum Gasteiger partial charge on any atom is 0.191 e. The van der Waals surface area contributed by atoms with Crippen molar-refractivity contribution in [3.63, 3.8) is 0 Å². The number of ether oxygens (including phenoxy) is 2. The van der Waals surface area contributed by atoms with E-state index in [0.29, 0.717) is 19.1 Å². The number of guanidine groups is 1. The van der Waals surface area contributed by atoms with Crippen LogP contribution in [0.5, 0.6) is 11.5 Å². The molecule has 0 amide bonds. The monoisotopic (exact) mass is 348 g/mol. The molecular formula is C19H32N4O2. The van der Waals surface area contributed by atoms with Crippen molar-refractivity contribution in [1.82, 2.24) is 15.5 Å². The summed E-state index contributed by atoms with van der Waals surface area (Å²) in [5, 5.41) is 6.64. The van der Waals surface area contributed by atoms with E-state index in [9.17, 15) is 0 Å². The number of methoxy groups -OCH3 is 1. The van der Waals surface area contributed by atoms with Gasteiger partial charge in [-0.05, 0) is 63.5 Å². The minimum atomic E-state index is 0.586. The first-order valence-electron chi connectivity index (χ1n) is 9.19. The lowest BCUT2D eigenvalue weighted by Crippen LogP contribution is -2.40. The molecule has 1 aliphatic rings. The molecule has 1 aromatic rings. The molecule has 1 aliphatic heterocycles.